The smallest absolute Gasteiger partial charge is 0.0700 e. The molecule has 84 valence electrons. The Kier molecular flexibility index (Phi) is 2.80. The molecule has 0 aromatic heterocycles. The first kappa shape index (κ1) is 9.86. The van der Waals surface area contributed by atoms with Crippen LogP contribution in [0.15, 0.2) is 12.2 Å². The lowest BCUT2D eigenvalue weighted by Gasteiger charge is -2.19. The fourth-order valence-corrected chi connectivity index (χ4v) is 3.36. The van der Waals surface area contributed by atoms with E-state index in [4.69, 9.17) is 4.74 Å². The molecule has 0 radical (unpaired) electrons. The average Bonchev–Trinajstić information content (AvgIpc) is 2.93. The number of allylic oxidation sites excluding steroid dienone is 2. The molecule has 0 unspecified atom stereocenters. The molecule has 1 aliphatic heterocycles. The minimum Gasteiger partial charge on any atom is -0.377 e. The lowest BCUT2D eigenvalue weighted by atomic mass is 9.93. The summed E-state index contributed by atoms with van der Waals surface area (Å²) in [6.07, 6.45) is 10.7. The van der Waals surface area contributed by atoms with E-state index in [9.17, 15) is 0 Å². The molecule has 2 heteroatoms. The second-order valence-electron chi connectivity index (χ2n) is 5.33. The Morgan fingerprint density at radius 2 is 2.20 bits per heavy atom. The molecule has 2 bridgehead atoms. The summed E-state index contributed by atoms with van der Waals surface area (Å²) in [6, 6.07) is 0. The highest BCUT2D eigenvalue weighted by Gasteiger charge is 2.35. The van der Waals surface area contributed by atoms with Gasteiger partial charge in [0.25, 0.3) is 0 Å². The van der Waals surface area contributed by atoms with Gasteiger partial charge in [0, 0.05) is 13.2 Å². The van der Waals surface area contributed by atoms with E-state index in [0.717, 1.165) is 30.9 Å². The Balaban J connectivity index is 1.38. The molecule has 0 amide bonds. The zero-order valence-electron chi connectivity index (χ0n) is 9.32. The first-order valence-corrected chi connectivity index (χ1v) is 6.42. The van der Waals surface area contributed by atoms with E-state index >= 15 is 0 Å². The Bertz CT molecular complexity index is 245. The van der Waals surface area contributed by atoms with Crippen molar-refractivity contribution in [3.63, 3.8) is 0 Å². The second kappa shape index (κ2) is 4.26. The summed E-state index contributed by atoms with van der Waals surface area (Å²) in [5.41, 5.74) is 0. The Morgan fingerprint density at radius 3 is 2.87 bits per heavy atom. The number of fused-ring (bicyclic) bond motifs is 2. The van der Waals surface area contributed by atoms with Crippen molar-refractivity contribution in [3.8, 4) is 0 Å². The van der Waals surface area contributed by atoms with Crippen LogP contribution < -0.4 is 5.32 Å². The van der Waals surface area contributed by atoms with Crippen molar-refractivity contribution < 1.29 is 4.74 Å². The van der Waals surface area contributed by atoms with E-state index in [1.807, 2.05) is 0 Å². The Morgan fingerprint density at radius 1 is 1.20 bits per heavy atom. The third-order valence-electron chi connectivity index (χ3n) is 4.22. The molecule has 4 atom stereocenters. The lowest BCUT2D eigenvalue weighted by Crippen LogP contribution is -2.31. The lowest BCUT2D eigenvalue weighted by molar-refractivity contribution is 0.109. The van der Waals surface area contributed by atoms with E-state index in [1.54, 1.807) is 0 Å². The molecule has 1 N–H and O–H groups in total. The van der Waals surface area contributed by atoms with E-state index in [2.05, 4.69) is 17.5 Å². The summed E-state index contributed by atoms with van der Waals surface area (Å²) >= 11 is 0. The van der Waals surface area contributed by atoms with Crippen LogP contribution in [0.2, 0.25) is 0 Å². The van der Waals surface area contributed by atoms with Crippen molar-refractivity contribution in [2.24, 2.45) is 17.8 Å². The average molecular weight is 207 g/mol. The molecule has 1 saturated carbocycles. The third-order valence-corrected chi connectivity index (χ3v) is 4.22. The van der Waals surface area contributed by atoms with Crippen LogP contribution in [-0.2, 0) is 4.74 Å². The summed E-state index contributed by atoms with van der Waals surface area (Å²) in [7, 11) is 0. The molecule has 15 heavy (non-hydrogen) atoms. The van der Waals surface area contributed by atoms with Crippen LogP contribution in [0.25, 0.3) is 0 Å². The van der Waals surface area contributed by atoms with E-state index in [0.29, 0.717) is 6.10 Å². The van der Waals surface area contributed by atoms with E-state index in [1.165, 1.54) is 32.2 Å². The standard InChI is InChI=1S/C13H21NO/c1-2-13(15-5-1)9-14-8-12-7-10-3-4-11(12)6-10/h3-4,10-14H,1-2,5-9H2/t10-,11-,12-,13+/m0/s1. The SMILES string of the molecule is C1=C[C@H]2C[C@H]1C[C@H]2CNC[C@H]1CCCO1. The molecule has 1 saturated heterocycles. The number of hydrogen-bond acceptors (Lipinski definition) is 2. The van der Waals surface area contributed by atoms with Crippen LogP contribution >= 0.6 is 0 Å². The maximum absolute atomic E-state index is 5.60. The van der Waals surface area contributed by atoms with Gasteiger partial charge in [-0.05, 0) is 50.0 Å². The zero-order valence-corrected chi connectivity index (χ0v) is 9.32. The molecular weight excluding hydrogens is 186 g/mol. The van der Waals surface area contributed by atoms with Gasteiger partial charge in [-0.15, -0.1) is 0 Å². The normalized spacial score (nSPS) is 42.9. The largest absolute Gasteiger partial charge is 0.377 e. The van der Waals surface area contributed by atoms with Crippen molar-refractivity contribution in [1.82, 2.24) is 5.32 Å². The quantitative estimate of drug-likeness (QED) is 0.712. The summed E-state index contributed by atoms with van der Waals surface area (Å²) < 4.78 is 5.60. The van der Waals surface area contributed by atoms with Crippen LogP contribution in [0.3, 0.4) is 0 Å². The highest BCUT2D eigenvalue weighted by Crippen LogP contribution is 2.42. The van der Waals surface area contributed by atoms with Crippen molar-refractivity contribution in [1.29, 1.82) is 0 Å². The zero-order chi connectivity index (χ0) is 10.1. The van der Waals surface area contributed by atoms with Crippen molar-refractivity contribution in [2.75, 3.05) is 19.7 Å². The van der Waals surface area contributed by atoms with Gasteiger partial charge in [0.1, 0.15) is 0 Å². The van der Waals surface area contributed by atoms with Crippen molar-refractivity contribution in [2.45, 2.75) is 31.8 Å². The first-order valence-electron chi connectivity index (χ1n) is 6.42. The van der Waals surface area contributed by atoms with Gasteiger partial charge in [0.05, 0.1) is 6.10 Å². The molecule has 2 nitrogen and oxygen atoms in total. The minimum atomic E-state index is 0.499. The molecule has 2 aliphatic carbocycles. The predicted molar refractivity (Wildman–Crippen MR) is 60.7 cm³/mol. The van der Waals surface area contributed by atoms with Crippen LogP contribution in [0, 0.1) is 17.8 Å². The molecule has 3 rings (SSSR count). The Labute approximate surface area is 92.1 Å². The highest BCUT2D eigenvalue weighted by molar-refractivity contribution is 5.10. The van der Waals surface area contributed by atoms with Gasteiger partial charge in [0.2, 0.25) is 0 Å². The van der Waals surface area contributed by atoms with Gasteiger partial charge >= 0.3 is 0 Å². The summed E-state index contributed by atoms with van der Waals surface area (Å²) in [5, 5.41) is 3.60. The fraction of sp³-hybridized carbons (Fsp3) is 0.846. The highest BCUT2D eigenvalue weighted by atomic mass is 16.5. The number of hydrogen-bond donors (Lipinski definition) is 1. The van der Waals surface area contributed by atoms with Crippen LogP contribution in [0.1, 0.15) is 25.7 Å². The van der Waals surface area contributed by atoms with E-state index < -0.39 is 0 Å². The summed E-state index contributed by atoms with van der Waals surface area (Å²) in [6.45, 7) is 3.24. The first-order chi connectivity index (χ1) is 7.42. The van der Waals surface area contributed by atoms with Crippen LogP contribution in [-0.4, -0.2) is 25.8 Å². The van der Waals surface area contributed by atoms with Gasteiger partial charge in [-0.3, -0.25) is 0 Å². The van der Waals surface area contributed by atoms with Gasteiger partial charge < -0.3 is 10.1 Å². The number of rotatable bonds is 4. The van der Waals surface area contributed by atoms with Gasteiger partial charge in [-0.2, -0.15) is 0 Å². The molecule has 0 aromatic rings. The molecule has 0 spiro atoms. The van der Waals surface area contributed by atoms with Gasteiger partial charge in [-0.25, -0.2) is 0 Å². The summed E-state index contributed by atoms with van der Waals surface area (Å²) in [5.74, 6) is 2.69. The third kappa shape index (κ3) is 2.11. The predicted octanol–water partition coefficient (Wildman–Crippen LogP) is 1.97. The molecule has 2 fully saturated rings. The van der Waals surface area contributed by atoms with Crippen molar-refractivity contribution >= 4 is 0 Å². The van der Waals surface area contributed by atoms with Gasteiger partial charge in [-0.1, -0.05) is 12.2 Å². The number of nitrogens with one attached hydrogen (secondary N) is 1. The maximum Gasteiger partial charge on any atom is 0.0700 e. The topological polar surface area (TPSA) is 21.3 Å². The molecular formula is C13H21NO. The maximum atomic E-state index is 5.60. The molecule has 0 aromatic carbocycles. The summed E-state index contributed by atoms with van der Waals surface area (Å²) in [4.78, 5) is 0. The van der Waals surface area contributed by atoms with Crippen molar-refractivity contribution in [3.05, 3.63) is 12.2 Å². The minimum absolute atomic E-state index is 0.499. The molecule has 1 heterocycles. The number of ether oxygens (including phenoxy) is 1. The van der Waals surface area contributed by atoms with Crippen LogP contribution in [0.5, 0.6) is 0 Å². The van der Waals surface area contributed by atoms with E-state index in [-0.39, 0.29) is 0 Å². The second-order valence-corrected chi connectivity index (χ2v) is 5.33. The van der Waals surface area contributed by atoms with Crippen LogP contribution in [0.4, 0.5) is 0 Å². The Hall–Kier alpha value is -0.340. The monoisotopic (exact) mass is 207 g/mol. The van der Waals surface area contributed by atoms with Gasteiger partial charge in [0.15, 0.2) is 0 Å². The fourth-order valence-electron chi connectivity index (χ4n) is 3.36. The molecule has 3 aliphatic rings.